The largest absolute Gasteiger partial charge is 0.0746 e. The first-order valence-electron chi connectivity index (χ1n) is 13.5. The quantitative estimate of drug-likeness (QED) is 0.0615. The summed E-state index contributed by atoms with van der Waals surface area (Å²) in [6, 6.07) is 56.0. The van der Waals surface area contributed by atoms with Crippen molar-refractivity contribution < 1.29 is 33.4 Å². The summed E-state index contributed by atoms with van der Waals surface area (Å²) in [5.74, 6) is 0. The number of hydrogen-bond acceptors (Lipinski definition) is 0. The van der Waals surface area contributed by atoms with Gasteiger partial charge in [0.2, 0.25) is 0 Å². The average molecular weight is 720 g/mol. The van der Waals surface area contributed by atoms with Crippen LogP contribution in [-0.4, -0.2) is 24.6 Å². The molecule has 3 nitrogen and oxygen atoms in total. The SMILES string of the molecule is [C-]#[O+].[C-]#[O+].[C-]#[O+].[Ru].c1ccc(P(CCP(c2ccccc2)c2ccccc2)CCP(c2ccccc2)c2ccccc2)cc1. The number of benzene rings is 5. The Hall–Kier alpha value is -2.77. The van der Waals surface area contributed by atoms with Crippen molar-refractivity contribution in [3.05, 3.63) is 172 Å². The summed E-state index contributed by atoms with van der Waals surface area (Å²) in [4.78, 5) is 0. The molecule has 0 saturated heterocycles. The molecule has 0 radical (unpaired) electrons. The van der Waals surface area contributed by atoms with Gasteiger partial charge in [-0.25, -0.2) is 0 Å². The Bertz CT molecular complexity index is 1290. The van der Waals surface area contributed by atoms with E-state index in [0.29, 0.717) is 0 Å². The van der Waals surface area contributed by atoms with Crippen LogP contribution in [0.4, 0.5) is 0 Å². The zero-order valence-corrected chi connectivity index (χ0v) is 28.6. The van der Waals surface area contributed by atoms with Gasteiger partial charge >= 0.3 is 33.9 Å². The van der Waals surface area contributed by atoms with Gasteiger partial charge in [0, 0.05) is 19.5 Å². The Morgan fingerprint density at radius 3 is 0.750 bits per heavy atom. The summed E-state index contributed by atoms with van der Waals surface area (Å²) in [7, 11) is -0.982. The molecule has 0 saturated carbocycles. The molecule has 0 aliphatic carbocycles. The van der Waals surface area contributed by atoms with E-state index in [1.54, 1.807) is 5.30 Å². The fourth-order valence-corrected chi connectivity index (χ4v) is 13.3. The van der Waals surface area contributed by atoms with Gasteiger partial charge in [-0.3, -0.25) is 0 Å². The van der Waals surface area contributed by atoms with Crippen LogP contribution in [0.15, 0.2) is 152 Å². The van der Waals surface area contributed by atoms with Gasteiger partial charge in [0.15, 0.2) is 0 Å². The van der Waals surface area contributed by atoms with Crippen LogP contribution in [0.2, 0.25) is 0 Å². The molecule has 0 bridgehead atoms. The Morgan fingerprint density at radius 1 is 0.318 bits per heavy atom. The zero-order chi connectivity index (χ0) is 31.1. The number of hydrogen-bond donors (Lipinski definition) is 0. The summed E-state index contributed by atoms with van der Waals surface area (Å²) in [5.41, 5.74) is 0. The van der Waals surface area contributed by atoms with Crippen molar-refractivity contribution in [2.75, 3.05) is 24.6 Å². The van der Waals surface area contributed by atoms with E-state index in [1.165, 1.54) is 45.9 Å². The fraction of sp³-hybridized carbons (Fsp3) is 0.108. The second-order valence-corrected chi connectivity index (χ2v) is 16.1. The molecule has 0 fully saturated rings. The Balaban J connectivity index is 0.00000130. The topological polar surface area (TPSA) is 59.7 Å². The smallest absolute Gasteiger partial charge is 0 e. The van der Waals surface area contributed by atoms with Crippen molar-refractivity contribution in [3.8, 4) is 0 Å². The number of rotatable bonds is 11. The first kappa shape index (κ1) is 39.3. The molecule has 0 spiro atoms. The third-order valence-corrected chi connectivity index (χ3v) is 14.9. The maximum atomic E-state index is 7.50. The van der Waals surface area contributed by atoms with E-state index in [-0.39, 0.29) is 43.2 Å². The molecule has 0 aliphatic heterocycles. The van der Waals surface area contributed by atoms with Crippen LogP contribution in [0, 0.1) is 20.0 Å². The minimum Gasteiger partial charge on any atom is -0.0746 e. The zero-order valence-electron chi connectivity index (χ0n) is 24.2. The van der Waals surface area contributed by atoms with Gasteiger partial charge in [-0.05, 0) is 67.0 Å². The predicted octanol–water partition coefficient (Wildman–Crippen LogP) is 6.94. The van der Waals surface area contributed by atoms with Crippen molar-refractivity contribution in [3.63, 3.8) is 0 Å². The molecule has 5 aromatic carbocycles. The minimum absolute atomic E-state index is 0. The van der Waals surface area contributed by atoms with Gasteiger partial charge in [-0.15, -0.1) is 0 Å². The Kier molecular flexibility index (Phi) is 21.9. The van der Waals surface area contributed by atoms with Gasteiger partial charge in [0.25, 0.3) is 0 Å². The Morgan fingerprint density at radius 2 is 0.523 bits per heavy atom. The standard InChI is InChI=1S/C34H33P3.3CO.Ru/c1-6-16-30(17-7-1)35(26-28-36(31-18-8-2-9-19-31)32-20-10-3-11-21-32)27-29-37(33-22-12-4-13-23-33)34-24-14-5-15-25-34;3*1-2;/h1-25H,26-29H2;;;;. The fourth-order valence-electron chi connectivity index (χ4n) is 4.70. The molecular weight excluding hydrogens is 686 g/mol. The predicted molar refractivity (Wildman–Crippen MR) is 182 cm³/mol. The maximum Gasteiger partial charge on any atom is 0 e. The molecule has 5 aromatic rings. The first-order valence-corrected chi connectivity index (χ1v) is 18.3. The van der Waals surface area contributed by atoms with E-state index < -0.39 is 0 Å². The van der Waals surface area contributed by atoms with Crippen LogP contribution in [-0.2, 0) is 33.4 Å². The summed E-state index contributed by atoms with van der Waals surface area (Å²) in [6.07, 6.45) is 5.00. The Labute approximate surface area is 278 Å². The van der Waals surface area contributed by atoms with Crippen molar-refractivity contribution in [1.82, 2.24) is 0 Å². The van der Waals surface area contributed by atoms with Crippen LogP contribution in [0.25, 0.3) is 0 Å². The molecule has 44 heavy (non-hydrogen) atoms. The second kappa shape index (κ2) is 24.5. The van der Waals surface area contributed by atoms with Crippen LogP contribution in [0.1, 0.15) is 0 Å². The third kappa shape index (κ3) is 12.7. The molecule has 0 unspecified atom stereocenters. The summed E-state index contributed by atoms with van der Waals surface area (Å²) in [5, 5.41) is 7.50. The van der Waals surface area contributed by atoms with Crippen molar-refractivity contribution in [2.45, 2.75) is 0 Å². The first-order chi connectivity index (χ1) is 21.4. The van der Waals surface area contributed by atoms with Crippen molar-refractivity contribution >= 4 is 50.3 Å². The maximum absolute atomic E-state index is 7.50. The molecule has 0 aliphatic rings. The van der Waals surface area contributed by atoms with Crippen LogP contribution in [0.3, 0.4) is 0 Å². The van der Waals surface area contributed by atoms with Gasteiger partial charge in [0.1, 0.15) is 0 Å². The van der Waals surface area contributed by atoms with E-state index in [1.807, 2.05) is 0 Å². The van der Waals surface area contributed by atoms with Crippen molar-refractivity contribution in [2.24, 2.45) is 0 Å². The van der Waals surface area contributed by atoms with E-state index in [4.69, 9.17) is 14.0 Å². The van der Waals surface area contributed by atoms with Crippen LogP contribution in [0.5, 0.6) is 0 Å². The van der Waals surface area contributed by atoms with E-state index in [2.05, 4.69) is 172 Å². The normalized spacial score (nSPS) is 9.66. The molecule has 0 N–H and O–H groups in total. The summed E-state index contributed by atoms with van der Waals surface area (Å²) in [6.45, 7) is 13.5. The third-order valence-electron chi connectivity index (χ3n) is 6.58. The van der Waals surface area contributed by atoms with E-state index >= 15 is 0 Å². The van der Waals surface area contributed by atoms with Gasteiger partial charge in [-0.2, -0.15) is 0 Å². The second-order valence-electron chi connectivity index (χ2n) is 8.97. The molecule has 0 aromatic heterocycles. The van der Waals surface area contributed by atoms with Gasteiger partial charge in [0.05, 0.1) is 0 Å². The van der Waals surface area contributed by atoms with Crippen LogP contribution >= 0.6 is 23.8 Å². The molecule has 5 rings (SSSR count). The van der Waals surface area contributed by atoms with Crippen molar-refractivity contribution in [1.29, 1.82) is 0 Å². The molecule has 0 amide bonds. The van der Waals surface area contributed by atoms with E-state index in [9.17, 15) is 0 Å². The molecular formula is C37H33O3P3Ru. The van der Waals surface area contributed by atoms with Gasteiger partial charge in [-0.1, -0.05) is 160 Å². The molecule has 222 valence electrons. The van der Waals surface area contributed by atoms with Gasteiger partial charge < -0.3 is 0 Å². The molecule has 7 heteroatoms. The summed E-state index contributed by atoms with van der Waals surface area (Å²) < 4.78 is 22.5. The molecule has 0 heterocycles. The van der Waals surface area contributed by atoms with Crippen LogP contribution < -0.4 is 26.5 Å². The summed E-state index contributed by atoms with van der Waals surface area (Å²) >= 11 is 0. The average Bonchev–Trinajstić information content (AvgIpc) is 3.12. The minimum atomic E-state index is -0.366. The monoisotopic (exact) mass is 720 g/mol. The molecule has 0 atom stereocenters. The van der Waals surface area contributed by atoms with E-state index in [0.717, 1.165) is 0 Å².